The van der Waals surface area contributed by atoms with Gasteiger partial charge in [0.15, 0.2) is 0 Å². The molecule has 8 aliphatic rings. The van der Waals surface area contributed by atoms with Gasteiger partial charge >= 0.3 is 0 Å². The molecule has 1 fully saturated rings. The van der Waals surface area contributed by atoms with Gasteiger partial charge in [-0.05, 0) is 161 Å². The van der Waals surface area contributed by atoms with Crippen LogP contribution in [0.5, 0.6) is 0 Å². The third-order valence-corrected chi connectivity index (χ3v) is 13.8. The standard InChI is InChI=1S/C46H59N3/c1-31-44(36-12-4-2-5-13-36)48-46(38-14-6-3-7-15-38)49-45(31)37-25-23-35(24-26-37)41-28-27-40(42-17-8-9-18-43(41)42)34-21-19-33(20-22-34)39-16-10-11-32(29-39)30-47/h2,4-5,12,14,16,19,21,25,27,29,31,33-36,41,44-46,48-49H,3,6-11,13,15,17-18,20,22-24,26,28H2,1H3. The van der Waals surface area contributed by atoms with E-state index in [2.05, 4.69) is 90.5 Å². The lowest BCUT2D eigenvalue weighted by molar-refractivity contribution is 0.167. The second-order valence-corrected chi connectivity index (χ2v) is 16.6. The van der Waals surface area contributed by atoms with Gasteiger partial charge in [-0.15, -0.1) is 0 Å². The molecule has 0 spiro atoms. The first kappa shape index (κ1) is 33.2. The molecule has 9 unspecified atom stereocenters. The van der Waals surface area contributed by atoms with Crippen LogP contribution >= 0.6 is 0 Å². The van der Waals surface area contributed by atoms with Crippen molar-refractivity contribution in [2.24, 2.45) is 35.5 Å². The molecule has 2 N–H and O–H groups in total. The van der Waals surface area contributed by atoms with Gasteiger partial charge in [0.1, 0.15) is 0 Å². The van der Waals surface area contributed by atoms with Gasteiger partial charge in [-0.1, -0.05) is 78.8 Å². The van der Waals surface area contributed by atoms with Crippen LogP contribution in [-0.2, 0) is 0 Å². The van der Waals surface area contributed by atoms with Crippen LogP contribution in [0.1, 0.15) is 116 Å². The molecule has 9 atom stereocenters. The van der Waals surface area contributed by atoms with E-state index >= 15 is 0 Å². The maximum atomic E-state index is 9.45. The number of nitriles is 1. The van der Waals surface area contributed by atoms with Crippen LogP contribution in [0.4, 0.5) is 0 Å². The maximum Gasteiger partial charge on any atom is 0.0947 e. The monoisotopic (exact) mass is 653 g/mol. The highest BCUT2D eigenvalue weighted by Crippen LogP contribution is 2.49. The number of rotatable bonds is 6. The summed E-state index contributed by atoms with van der Waals surface area (Å²) in [7, 11) is 0. The van der Waals surface area contributed by atoms with Gasteiger partial charge in [-0.2, -0.15) is 5.26 Å². The van der Waals surface area contributed by atoms with Crippen LogP contribution in [0.25, 0.3) is 0 Å². The van der Waals surface area contributed by atoms with Crippen molar-refractivity contribution in [3.63, 3.8) is 0 Å². The summed E-state index contributed by atoms with van der Waals surface area (Å²) in [6, 6.07) is 3.38. The van der Waals surface area contributed by atoms with E-state index in [9.17, 15) is 5.26 Å². The Balaban J connectivity index is 0.966. The SMILES string of the molecule is CC1C(C2=CCC(C3CC=C(C4C=CC(C5=CCCC(C#N)=C5)CC4)C4=C3CCCC4)CC2)NC(C2=CCCCC2)NC1C1C=CC=CC1. The lowest BCUT2D eigenvalue weighted by Gasteiger charge is -2.48. The van der Waals surface area contributed by atoms with Crippen molar-refractivity contribution in [2.45, 2.75) is 134 Å². The van der Waals surface area contributed by atoms with Gasteiger partial charge in [0, 0.05) is 29.5 Å². The van der Waals surface area contributed by atoms with Crippen LogP contribution in [0.2, 0.25) is 0 Å². The molecule has 8 rings (SSSR count). The molecular weight excluding hydrogens is 595 g/mol. The molecule has 0 aromatic heterocycles. The fourth-order valence-electron chi connectivity index (χ4n) is 11.1. The predicted molar refractivity (Wildman–Crippen MR) is 203 cm³/mol. The number of nitrogens with zero attached hydrogens (tertiary/aromatic N) is 1. The predicted octanol–water partition coefficient (Wildman–Crippen LogP) is 10.8. The minimum atomic E-state index is 0.316. The summed E-state index contributed by atoms with van der Waals surface area (Å²) in [6.07, 6.45) is 48.3. The van der Waals surface area contributed by atoms with Gasteiger partial charge in [-0.25, -0.2) is 0 Å². The normalized spacial score (nSPS) is 38.0. The Labute approximate surface area is 296 Å². The fraction of sp³-hybridized carbons (Fsp3) is 0.587. The Hall–Kier alpha value is -2.93. The van der Waals surface area contributed by atoms with Crippen molar-refractivity contribution in [3.8, 4) is 6.07 Å². The highest BCUT2D eigenvalue weighted by Gasteiger charge is 2.41. The Bertz CT molecular complexity index is 1580. The summed E-state index contributed by atoms with van der Waals surface area (Å²) in [4.78, 5) is 0. The van der Waals surface area contributed by atoms with E-state index in [4.69, 9.17) is 0 Å². The van der Waals surface area contributed by atoms with Crippen LogP contribution in [-0.4, -0.2) is 18.2 Å². The zero-order chi connectivity index (χ0) is 33.2. The molecule has 0 saturated carbocycles. The molecule has 1 saturated heterocycles. The molecular formula is C46H59N3. The average Bonchev–Trinajstić information content (AvgIpc) is 3.18. The highest BCUT2D eigenvalue weighted by atomic mass is 15.2. The topological polar surface area (TPSA) is 47.9 Å². The first-order valence-corrected chi connectivity index (χ1v) is 20.3. The largest absolute Gasteiger partial charge is 0.295 e. The molecule has 49 heavy (non-hydrogen) atoms. The van der Waals surface area contributed by atoms with Crippen molar-refractivity contribution in [1.29, 1.82) is 5.26 Å². The molecule has 0 radical (unpaired) electrons. The zero-order valence-electron chi connectivity index (χ0n) is 30.0. The molecule has 3 nitrogen and oxygen atoms in total. The molecule has 3 heteroatoms. The van der Waals surface area contributed by atoms with E-state index in [0.29, 0.717) is 41.9 Å². The summed E-state index contributed by atoms with van der Waals surface area (Å²) < 4.78 is 0. The molecule has 1 heterocycles. The van der Waals surface area contributed by atoms with Crippen LogP contribution in [0.3, 0.4) is 0 Å². The summed E-state index contributed by atoms with van der Waals surface area (Å²) in [6.45, 7) is 2.51. The van der Waals surface area contributed by atoms with Crippen molar-refractivity contribution < 1.29 is 0 Å². The van der Waals surface area contributed by atoms with E-state index in [0.717, 1.165) is 36.7 Å². The molecule has 7 aliphatic carbocycles. The van der Waals surface area contributed by atoms with Crippen molar-refractivity contribution in [2.75, 3.05) is 0 Å². The summed E-state index contributed by atoms with van der Waals surface area (Å²) in [5.74, 6) is 3.73. The van der Waals surface area contributed by atoms with E-state index in [1.165, 1.54) is 95.5 Å². The van der Waals surface area contributed by atoms with E-state index in [1.807, 2.05) is 5.57 Å². The lowest BCUT2D eigenvalue weighted by Crippen LogP contribution is -2.65. The van der Waals surface area contributed by atoms with Gasteiger partial charge in [0.25, 0.3) is 0 Å². The van der Waals surface area contributed by atoms with E-state index in [1.54, 1.807) is 22.3 Å². The number of hydrogen-bond acceptors (Lipinski definition) is 3. The fourth-order valence-corrected chi connectivity index (χ4v) is 11.1. The highest BCUT2D eigenvalue weighted by molar-refractivity contribution is 5.46. The second kappa shape index (κ2) is 15.1. The van der Waals surface area contributed by atoms with Crippen LogP contribution in [0.15, 0.2) is 106 Å². The van der Waals surface area contributed by atoms with Crippen molar-refractivity contribution in [3.05, 3.63) is 106 Å². The van der Waals surface area contributed by atoms with Crippen molar-refractivity contribution in [1.82, 2.24) is 10.6 Å². The molecule has 0 bridgehead atoms. The van der Waals surface area contributed by atoms with Gasteiger partial charge in [0.05, 0.1) is 12.2 Å². The Morgan fingerprint density at radius 2 is 1.61 bits per heavy atom. The van der Waals surface area contributed by atoms with E-state index in [-0.39, 0.29) is 0 Å². The van der Waals surface area contributed by atoms with Gasteiger partial charge < -0.3 is 0 Å². The average molecular weight is 654 g/mol. The first-order valence-electron chi connectivity index (χ1n) is 20.3. The van der Waals surface area contributed by atoms with Gasteiger partial charge in [0.2, 0.25) is 0 Å². The van der Waals surface area contributed by atoms with Gasteiger partial charge in [-0.3, -0.25) is 10.6 Å². The zero-order valence-corrected chi connectivity index (χ0v) is 30.0. The summed E-state index contributed by atoms with van der Waals surface area (Å²) >= 11 is 0. The Kier molecular flexibility index (Phi) is 10.3. The molecule has 0 aromatic carbocycles. The smallest absolute Gasteiger partial charge is 0.0947 e. The molecule has 0 aromatic rings. The Morgan fingerprint density at radius 1 is 0.735 bits per heavy atom. The minimum Gasteiger partial charge on any atom is -0.295 e. The lowest BCUT2D eigenvalue weighted by atomic mass is 9.65. The van der Waals surface area contributed by atoms with Crippen LogP contribution < -0.4 is 10.6 Å². The number of hydrogen-bond donors (Lipinski definition) is 2. The molecule has 0 amide bonds. The minimum absolute atomic E-state index is 0.316. The third-order valence-electron chi connectivity index (χ3n) is 13.8. The molecule has 1 aliphatic heterocycles. The maximum absolute atomic E-state index is 9.45. The first-order chi connectivity index (χ1) is 24.2. The van der Waals surface area contributed by atoms with Crippen LogP contribution in [0, 0.1) is 46.8 Å². The summed E-state index contributed by atoms with van der Waals surface area (Å²) in [5, 5.41) is 17.8. The number of allylic oxidation sites excluding steroid dienone is 15. The third kappa shape index (κ3) is 7.03. The van der Waals surface area contributed by atoms with Crippen molar-refractivity contribution >= 4 is 0 Å². The quantitative estimate of drug-likeness (QED) is 0.281. The Morgan fingerprint density at radius 3 is 2.39 bits per heavy atom. The number of nitrogens with one attached hydrogen (secondary N) is 2. The second-order valence-electron chi connectivity index (χ2n) is 16.6. The summed E-state index contributed by atoms with van der Waals surface area (Å²) in [5.41, 5.74) is 11.0. The van der Waals surface area contributed by atoms with E-state index < -0.39 is 0 Å². The molecule has 258 valence electrons.